The number of ether oxygens (including phenoxy) is 1. The van der Waals surface area contributed by atoms with Gasteiger partial charge in [0, 0.05) is 29.1 Å². The van der Waals surface area contributed by atoms with Crippen molar-refractivity contribution < 1.29 is 9.53 Å². The highest BCUT2D eigenvalue weighted by molar-refractivity contribution is 6.31. The average Bonchev–Trinajstić information content (AvgIpc) is 3.23. The van der Waals surface area contributed by atoms with E-state index in [0.717, 1.165) is 28.3 Å². The Morgan fingerprint density at radius 1 is 1.08 bits per heavy atom. The Hall–Kier alpha value is -3.54. The van der Waals surface area contributed by atoms with Gasteiger partial charge in [0.05, 0.1) is 18.4 Å². The summed E-state index contributed by atoms with van der Waals surface area (Å²) in [6.45, 7) is 0. The van der Waals surface area contributed by atoms with Crippen molar-refractivity contribution in [1.82, 2.24) is 10.2 Å². The number of methoxy groups -OCH3 is 1. The summed E-state index contributed by atoms with van der Waals surface area (Å²) < 4.78 is 5.36. The van der Waals surface area contributed by atoms with Crippen LogP contribution in [0.15, 0.2) is 60.8 Å². The number of aromatic nitrogens is 2. The van der Waals surface area contributed by atoms with Crippen molar-refractivity contribution >= 4 is 23.0 Å². The van der Waals surface area contributed by atoms with E-state index in [-0.39, 0.29) is 5.91 Å². The number of carbonyl (C=O) groups is 1. The maximum Gasteiger partial charge on any atom is 0.257 e. The molecule has 0 bridgehead atoms. The lowest BCUT2D eigenvalue weighted by molar-refractivity contribution is -0.110. The van der Waals surface area contributed by atoms with Crippen LogP contribution in [0.4, 0.5) is 11.5 Å². The van der Waals surface area contributed by atoms with Gasteiger partial charge in [0.2, 0.25) is 0 Å². The molecular formula is C19H16N4O2. The zero-order valence-electron chi connectivity index (χ0n) is 13.5. The van der Waals surface area contributed by atoms with Gasteiger partial charge in [-0.1, -0.05) is 30.3 Å². The number of nitrogens with one attached hydrogen (secondary N) is 3. The summed E-state index contributed by atoms with van der Waals surface area (Å²) in [4.78, 5) is 12.1. The van der Waals surface area contributed by atoms with Gasteiger partial charge in [0.15, 0.2) is 0 Å². The minimum absolute atomic E-state index is 0.127. The highest BCUT2D eigenvalue weighted by Gasteiger charge is 2.23. The summed E-state index contributed by atoms with van der Waals surface area (Å²) in [5.74, 6) is 1.31. The van der Waals surface area contributed by atoms with Gasteiger partial charge in [-0.2, -0.15) is 5.10 Å². The van der Waals surface area contributed by atoms with Gasteiger partial charge >= 0.3 is 0 Å². The third-order valence-corrected chi connectivity index (χ3v) is 4.04. The fourth-order valence-corrected chi connectivity index (χ4v) is 2.82. The standard InChI is InChI=1S/C19H16N4O2/c1-25-17-9-5-3-7-13(17)16-10-18(23-22-16)20-11-14-12-6-2-4-8-15(12)21-19(14)24/h2-11H,1H3,(H,21,24)(H2,20,22,23)/b14-11+. The molecule has 6 nitrogen and oxygen atoms in total. The van der Waals surface area contributed by atoms with Crippen molar-refractivity contribution in [3.05, 3.63) is 66.4 Å². The molecule has 0 spiro atoms. The molecule has 124 valence electrons. The minimum atomic E-state index is -0.127. The Balaban J connectivity index is 1.59. The average molecular weight is 332 g/mol. The van der Waals surface area contributed by atoms with Crippen LogP contribution < -0.4 is 15.4 Å². The molecule has 1 amide bonds. The maximum absolute atomic E-state index is 12.1. The Labute approximate surface area is 144 Å². The number of amides is 1. The van der Waals surface area contributed by atoms with Gasteiger partial charge in [0.25, 0.3) is 5.91 Å². The zero-order valence-corrected chi connectivity index (χ0v) is 13.5. The first-order chi connectivity index (χ1) is 12.3. The van der Waals surface area contributed by atoms with Crippen LogP contribution in [0.25, 0.3) is 16.8 Å². The fourth-order valence-electron chi connectivity index (χ4n) is 2.82. The Morgan fingerprint density at radius 3 is 2.68 bits per heavy atom. The van der Waals surface area contributed by atoms with Crippen LogP contribution in [0, 0.1) is 0 Å². The van der Waals surface area contributed by atoms with E-state index in [9.17, 15) is 4.79 Å². The van der Waals surface area contributed by atoms with Crippen LogP contribution in [0.3, 0.4) is 0 Å². The second kappa shape index (κ2) is 6.16. The molecule has 1 aliphatic rings. The lowest BCUT2D eigenvalue weighted by Crippen LogP contribution is -2.05. The van der Waals surface area contributed by atoms with Crippen LogP contribution in [0.5, 0.6) is 5.75 Å². The zero-order chi connectivity index (χ0) is 17.2. The molecule has 2 aromatic carbocycles. The summed E-state index contributed by atoms with van der Waals surface area (Å²) in [5.41, 5.74) is 3.94. The van der Waals surface area contributed by atoms with E-state index < -0.39 is 0 Å². The van der Waals surface area contributed by atoms with Crippen molar-refractivity contribution in [2.75, 3.05) is 17.7 Å². The molecule has 0 saturated carbocycles. The predicted molar refractivity (Wildman–Crippen MR) is 97.2 cm³/mol. The van der Waals surface area contributed by atoms with Gasteiger partial charge in [-0.3, -0.25) is 9.89 Å². The Kier molecular flexibility index (Phi) is 3.70. The van der Waals surface area contributed by atoms with Crippen LogP contribution in [0.2, 0.25) is 0 Å². The second-order valence-electron chi connectivity index (χ2n) is 5.57. The molecule has 0 atom stereocenters. The summed E-state index contributed by atoms with van der Waals surface area (Å²) in [5, 5.41) is 13.2. The van der Waals surface area contributed by atoms with Crippen molar-refractivity contribution in [2.45, 2.75) is 0 Å². The molecule has 1 aliphatic heterocycles. The number of aromatic amines is 1. The van der Waals surface area contributed by atoms with E-state index in [1.165, 1.54) is 0 Å². The Bertz CT molecular complexity index is 975. The summed E-state index contributed by atoms with van der Waals surface area (Å²) in [6.07, 6.45) is 1.68. The van der Waals surface area contributed by atoms with Crippen molar-refractivity contribution in [1.29, 1.82) is 0 Å². The van der Waals surface area contributed by atoms with E-state index >= 15 is 0 Å². The molecule has 4 rings (SSSR count). The van der Waals surface area contributed by atoms with E-state index in [1.807, 2.05) is 54.6 Å². The van der Waals surface area contributed by atoms with Gasteiger partial charge in [0.1, 0.15) is 11.6 Å². The van der Waals surface area contributed by atoms with E-state index in [0.29, 0.717) is 11.4 Å². The highest BCUT2D eigenvalue weighted by atomic mass is 16.5. The third kappa shape index (κ3) is 2.74. The van der Waals surface area contributed by atoms with Crippen LogP contribution in [-0.4, -0.2) is 23.2 Å². The second-order valence-corrected chi connectivity index (χ2v) is 5.57. The largest absolute Gasteiger partial charge is 0.496 e. The monoisotopic (exact) mass is 332 g/mol. The maximum atomic E-state index is 12.1. The molecule has 1 aromatic heterocycles. The smallest absolute Gasteiger partial charge is 0.257 e. The summed E-state index contributed by atoms with van der Waals surface area (Å²) >= 11 is 0. The molecule has 0 aliphatic carbocycles. The van der Waals surface area contributed by atoms with E-state index in [4.69, 9.17) is 4.74 Å². The van der Waals surface area contributed by atoms with E-state index in [2.05, 4.69) is 20.8 Å². The van der Waals surface area contributed by atoms with Gasteiger partial charge in [-0.25, -0.2) is 0 Å². The fraction of sp³-hybridized carbons (Fsp3) is 0.0526. The molecule has 0 saturated heterocycles. The topological polar surface area (TPSA) is 79.0 Å². The number of hydrogen-bond acceptors (Lipinski definition) is 4. The SMILES string of the molecule is COc1ccccc1-c1cc(N/C=C2/C(=O)Nc3ccccc32)[nH]n1. The third-order valence-electron chi connectivity index (χ3n) is 4.04. The van der Waals surface area contributed by atoms with Crippen molar-refractivity contribution in [3.63, 3.8) is 0 Å². The summed E-state index contributed by atoms with van der Waals surface area (Å²) in [7, 11) is 1.63. The molecule has 2 heterocycles. The number of rotatable bonds is 4. The molecule has 25 heavy (non-hydrogen) atoms. The van der Waals surface area contributed by atoms with Gasteiger partial charge in [-0.15, -0.1) is 0 Å². The number of benzene rings is 2. The lowest BCUT2D eigenvalue weighted by Gasteiger charge is -2.04. The van der Waals surface area contributed by atoms with Crippen LogP contribution in [-0.2, 0) is 4.79 Å². The first kappa shape index (κ1) is 15.0. The first-order valence-corrected chi connectivity index (χ1v) is 7.82. The number of fused-ring (bicyclic) bond motifs is 1. The lowest BCUT2D eigenvalue weighted by atomic mass is 10.1. The molecule has 0 fully saturated rings. The molecule has 3 N–H and O–H groups in total. The molecule has 0 radical (unpaired) electrons. The highest BCUT2D eigenvalue weighted by Crippen LogP contribution is 2.32. The van der Waals surface area contributed by atoms with Crippen molar-refractivity contribution in [2.24, 2.45) is 0 Å². The molecule has 6 heteroatoms. The van der Waals surface area contributed by atoms with E-state index in [1.54, 1.807) is 13.3 Å². The first-order valence-electron chi connectivity index (χ1n) is 7.82. The molecular weight excluding hydrogens is 316 g/mol. The Morgan fingerprint density at radius 2 is 1.84 bits per heavy atom. The van der Waals surface area contributed by atoms with Crippen molar-refractivity contribution in [3.8, 4) is 17.0 Å². The van der Waals surface area contributed by atoms with Crippen LogP contribution >= 0.6 is 0 Å². The summed E-state index contributed by atoms with van der Waals surface area (Å²) in [6, 6.07) is 17.1. The minimum Gasteiger partial charge on any atom is -0.496 e. The number of hydrogen-bond donors (Lipinski definition) is 3. The quantitative estimate of drug-likeness (QED) is 0.639. The predicted octanol–water partition coefficient (Wildman–Crippen LogP) is 3.49. The number of carbonyl (C=O) groups excluding carboxylic acids is 1. The number of para-hydroxylation sites is 2. The number of nitrogens with zero attached hydrogens (tertiary/aromatic N) is 1. The van der Waals surface area contributed by atoms with Gasteiger partial charge < -0.3 is 15.4 Å². The van der Waals surface area contributed by atoms with Gasteiger partial charge in [-0.05, 0) is 18.2 Å². The normalized spacial score (nSPS) is 14.3. The van der Waals surface area contributed by atoms with Crippen LogP contribution in [0.1, 0.15) is 5.56 Å². The number of anilines is 2. The molecule has 3 aromatic rings. The number of H-pyrrole nitrogens is 1. The molecule has 0 unspecified atom stereocenters.